The van der Waals surface area contributed by atoms with Crippen LogP contribution >= 0.6 is 0 Å². The Bertz CT molecular complexity index is 646. The first-order valence-electron chi connectivity index (χ1n) is 6.02. The van der Waals surface area contributed by atoms with Gasteiger partial charge < -0.3 is 5.21 Å². The number of piperidine rings is 1. The van der Waals surface area contributed by atoms with Gasteiger partial charge in [0.25, 0.3) is 0 Å². The van der Waals surface area contributed by atoms with E-state index in [4.69, 9.17) is 5.21 Å². The van der Waals surface area contributed by atoms with Crippen molar-refractivity contribution in [2.75, 3.05) is 13.1 Å². The molecule has 1 heterocycles. The summed E-state index contributed by atoms with van der Waals surface area (Å²) in [5, 5.41) is 11.9. The number of benzene rings is 1. The van der Waals surface area contributed by atoms with Gasteiger partial charge in [-0.25, -0.2) is 17.2 Å². The maximum Gasteiger partial charge on any atom is 0.246 e. The normalized spacial score (nSPS) is 23.1. The molecule has 0 spiro atoms. The second-order valence-electron chi connectivity index (χ2n) is 4.68. The zero-order valence-corrected chi connectivity index (χ0v) is 11.6. The van der Waals surface area contributed by atoms with Gasteiger partial charge in [0.15, 0.2) is 0 Å². The van der Waals surface area contributed by atoms with Crippen molar-refractivity contribution in [1.29, 1.82) is 0 Å². The number of nitrogens with zero attached hydrogens (tertiary/aromatic N) is 2. The van der Waals surface area contributed by atoms with Crippen molar-refractivity contribution in [3.8, 4) is 0 Å². The molecule has 1 N–H and O–H groups in total. The van der Waals surface area contributed by atoms with E-state index in [1.54, 1.807) is 6.92 Å². The summed E-state index contributed by atoms with van der Waals surface area (Å²) in [6, 6.07) is 2.32. The van der Waals surface area contributed by atoms with E-state index in [0.29, 0.717) is 11.8 Å². The Labute approximate surface area is 115 Å². The summed E-state index contributed by atoms with van der Waals surface area (Å²) in [6.07, 6.45) is 0.258. The lowest BCUT2D eigenvalue weighted by Gasteiger charge is -2.30. The van der Waals surface area contributed by atoms with Gasteiger partial charge in [-0.05, 0) is 18.2 Å². The van der Waals surface area contributed by atoms with E-state index in [1.807, 2.05) is 0 Å². The molecule has 20 heavy (non-hydrogen) atoms. The molecular formula is C12H14F2N2O3S. The standard InChI is InChI=1S/C12H14F2N2O3S/c1-8-7-16(5-4-11(8)15-17)20(18,19)12-6-9(13)2-3-10(12)14/h2-3,6,8,17H,4-5,7H2,1H3/b15-11+. The summed E-state index contributed by atoms with van der Waals surface area (Å²) in [4.78, 5) is -0.672. The summed E-state index contributed by atoms with van der Waals surface area (Å²) >= 11 is 0. The summed E-state index contributed by atoms with van der Waals surface area (Å²) in [5.41, 5.74) is 0.496. The maximum atomic E-state index is 13.6. The average molecular weight is 304 g/mol. The van der Waals surface area contributed by atoms with E-state index in [1.165, 1.54) is 0 Å². The predicted octanol–water partition coefficient (Wildman–Crippen LogP) is 1.83. The van der Waals surface area contributed by atoms with Crippen molar-refractivity contribution >= 4 is 15.7 Å². The van der Waals surface area contributed by atoms with Crippen LogP contribution in [0.1, 0.15) is 13.3 Å². The van der Waals surface area contributed by atoms with Gasteiger partial charge in [0.1, 0.15) is 16.5 Å². The molecule has 1 atom stereocenters. The van der Waals surface area contributed by atoms with Gasteiger partial charge in [0.2, 0.25) is 10.0 Å². The number of rotatable bonds is 2. The number of oxime groups is 1. The van der Waals surface area contributed by atoms with Crippen molar-refractivity contribution in [2.24, 2.45) is 11.1 Å². The molecule has 0 amide bonds. The molecule has 110 valence electrons. The Morgan fingerprint density at radius 1 is 1.40 bits per heavy atom. The smallest absolute Gasteiger partial charge is 0.246 e. The molecule has 8 heteroatoms. The second-order valence-corrected chi connectivity index (χ2v) is 6.59. The Hall–Kier alpha value is -1.54. The first-order chi connectivity index (χ1) is 9.36. The molecule has 1 aliphatic heterocycles. The van der Waals surface area contributed by atoms with Crippen LogP contribution in [-0.2, 0) is 10.0 Å². The van der Waals surface area contributed by atoms with Crippen molar-refractivity contribution in [1.82, 2.24) is 4.31 Å². The first kappa shape index (κ1) is 14.9. The summed E-state index contributed by atoms with van der Waals surface area (Å²) in [7, 11) is -4.10. The topological polar surface area (TPSA) is 70.0 Å². The minimum atomic E-state index is -4.10. The molecule has 2 rings (SSSR count). The summed E-state index contributed by atoms with van der Waals surface area (Å²) in [6.45, 7) is 1.85. The number of hydrogen-bond donors (Lipinski definition) is 1. The van der Waals surface area contributed by atoms with E-state index < -0.39 is 26.6 Å². The number of hydrogen-bond acceptors (Lipinski definition) is 4. The Morgan fingerprint density at radius 2 is 2.10 bits per heavy atom. The SMILES string of the molecule is CC1CN(S(=O)(=O)c2cc(F)ccc2F)CC/C1=N\O. The van der Waals surface area contributed by atoms with E-state index in [-0.39, 0.29) is 25.4 Å². The molecule has 1 unspecified atom stereocenters. The van der Waals surface area contributed by atoms with Crippen molar-refractivity contribution in [2.45, 2.75) is 18.2 Å². The van der Waals surface area contributed by atoms with Gasteiger partial charge in [-0.15, -0.1) is 0 Å². The van der Waals surface area contributed by atoms with Crippen molar-refractivity contribution in [3.05, 3.63) is 29.8 Å². The molecular weight excluding hydrogens is 290 g/mol. The molecule has 1 aromatic carbocycles. The van der Waals surface area contributed by atoms with Crippen LogP contribution < -0.4 is 0 Å². The minimum absolute atomic E-state index is 0.0671. The molecule has 1 aromatic rings. The van der Waals surface area contributed by atoms with E-state index >= 15 is 0 Å². The predicted molar refractivity (Wildman–Crippen MR) is 68.1 cm³/mol. The second kappa shape index (κ2) is 5.45. The molecule has 5 nitrogen and oxygen atoms in total. The maximum absolute atomic E-state index is 13.6. The lowest BCUT2D eigenvalue weighted by Crippen LogP contribution is -2.43. The van der Waals surface area contributed by atoms with Gasteiger partial charge in [0.05, 0.1) is 5.71 Å². The van der Waals surface area contributed by atoms with Crippen LogP contribution in [0.3, 0.4) is 0 Å². The third kappa shape index (κ3) is 2.66. The van der Waals surface area contributed by atoms with Gasteiger partial charge in [-0.3, -0.25) is 0 Å². The van der Waals surface area contributed by atoms with Crippen LogP contribution in [0.15, 0.2) is 28.3 Å². The largest absolute Gasteiger partial charge is 0.411 e. The highest BCUT2D eigenvalue weighted by atomic mass is 32.2. The van der Waals surface area contributed by atoms with Crippen LogP contribution in [0.2, 0.25) is 0 Å². The molecule has 0 aliphatic carbocycles. The highest BCUT2D eigenvalue weighted by Gasteiger charge is 2.33. The summed E-state index contributed by atoms with van der Waals surface area (Å²) in [5.74, 6) is -2.08. The third-order valence-corrected chi connectivity index (χ3v) is 5.18. The minimum Gasteiger partial charge on any atom is -0.411 e. The monoisotopic (exact) mass is 304 g/mol. The Kier molecular flexibility index (Phi) is 4.05. The van der Waals surface area contributed by atoms with Gasteiger partial charge in [-0.1, -0.05) is 12.1 Å². The molecule has 1 fully saturated rings. The zero-order chi connectivity index (χ0) is 14.9. The molecule has 0 saturated carbocycles. The van der Waals surface area contributed by atoms with E-state index in [2.05, 4.69) is 5.16 Å². The lowest BCUT2D eigenvalue weighted by atomic mass is 10.00. The quantitative estimate of drug-likeness (QED) is 0.669. The fourth-order valence-corrected chi connectivity index (χ4v) is 3.77. The van der Waals surface area contributed by atoms with Crippen LogP contribution in [0.5, 0.6) is 0 Å². The van der Waals surface area contributed by atoms with Crippen LogP contribution in [0, 0.1) is 17.6 Å². The van der Waals surface area contributed by atoms with Crippen LogP contribution in [-0.4, -0.2) is 36.7 Å². The van der Waals surface area contributed by atoms with Crippen molar-refractivity contribution in [3.63, 3.8) is 0 Å². The molecule has 1 aliphatic rings. The van der Waals surface area contributed by atoms with E-state index in [9.17, 15) is 17.2 Å². The molecule has 0 bridgehead atoms. The average Bonchev–Trinajstić information content (AvgIpc) is 2.41. The third-order valence-electron chi connectivity index (χ3n) is 3.30. The number of halogens is 2. The molecule has 0 radical (unpaired) electrons. The van der Waals surface area contributed by atoms with Gasteiger partial charge in [0, 0.05) is 25.4 Å². The van der Waals surface area contributed by atoms with Crippen LogP contribution in [0.25, 0.3) is 0 Å². The van der Waals surface area contributed by atoms with Gasteiger partial charge in [-0.2, -0.15) is 4.31 Å². The Morgan fingerprint density at radius 3 is 2.70 bits per heavy atom. The highest BCUT2D eigenvalue weighted by Crippen LogP contribution is 2.24. The van der Waals surface area contributed by atoms with Gasteiger partial charge >= 0.3 is 0 Å². The lowest BCUT2D eigenvalue weighted by molar-refractivity contribution is 0.300. The fourth-order valence-electron chi connectivity index (χ4n) is 2.17. The van der Waals surface area contributed by atoms with Crippen molar-refractivity contribution < 1.29 is 22.4 Å². The molecule has 1 saturated heterocycles. The fraction of sp³-hybridized carbons (Fsp3) is 0.417. The number of sulfonamides is 1. The van der Waals surface area contributed by atoms with Crippen LogP contribution in [0.4, 0.5) is 8.78 Å². The zero-order valence-electron chi connectivity index (χ0n) is 10.8. The molecule has 0 aromatic heterocycles. The summed E-state index contributed by atoms with van der Waals surface area (Å²) < 4.78 is 52.5. The first-order valence-corrected chi connectivity index (χ1v) is 7.46. The highest BCUT2D eigenvalue weighted by molar-refractivity contribution is 7.89. The Balaban J connectivity index is 2.34. The van der Waals surface area contributed by atoms with E-state index in [0.717, 1.165) is 16.4 Å².